The van der Waals surface area contributed by atoms with E-state index >= 15 is 0 Å². The monoisotopic (exact) mass is 928 g/mol. The zero-order chi connectivity index (χ0) is 49.2. The van der Waals surface area contributed by atoms with Crippen LogP contribution in [-0.4, -0.2) is 75.5 Å². The van der Waals surface area contributed by atoms with Gasteiger partial charge in [0.25, 0.3) is 0 Å². The van der Waals surface area contributed by atoms with Crippen molar-refractivity contribution in [2.45, 2.75) is 180 Å². The molecule has 0 radical (unpaired) electrons. The molecule has 67 heavy (non-hydrogen) atoms. The number of likely N-dealkylation sites (N-methyl/N-ethyl adjacent to an activating group) is 1. The minimum Gasteiger partial charge on any atom is -0.544 e. The van der Waals surface area contributed by atoms with Gasteiger partial charge in [-0.15, -0.1) is 0 Å². The number of hydrogen-bond donors (Lipinski definition) is 0. The summed E-state index contributed by atoms with van der Waals surface area (Å²) in [6, 6.07) is -0.746. The van der Waals surface area contributed by atoms with E-state index in [2.05, 4.69) is 148 Å². The van der Waals surface area contributed by atoms with Crippen LogP contribution >= 0.6 is 0 Å². The first-order valence-corrected chi connectivity index (χ1v) is 25.7. The maximum absolute atomic E-state index is 12.8. The van der Waals surface area contributed by atoms with E-state index in [1.54, 1.807) is 21.1 Å². The summed E-state index contributed by atoms with van der Waals surface area (Å²) in [5.74, 6) is -1.83. The van der Waals surface area contributed by atoms with Gasteiger partial charge in [0.1, 0.15) is 12.6 Å². The van der Waals surface area contributed by atoms with Crippen LogP contribution in [0.2, 0.25) is 0 Å². The van der Waals surface area contributed by atoms with Crippen molar-refractivity contribution in [2.75, 3.05) is 41.0 Å². The van der Waals surface area contributed by atoms with E-state index in [1.165, 1.54) is 12.8 Å². The van der Waals surface area contributed by atoms with Crippen LogP contribution in [-0.2, 0) is 28.6 Å². The van der Waals surface area contributed by atoms with Gasteiger partial charge >= 0.3 is 11.9 Å². The van der Waals surface area contributed by atoms with Crippen molar-refractivity contribution in [1.82, 2.24) is 0 Å². The lowest BCUT2D eigenvalue weighted by Gasteiger charge is -2.34. The zero-order valence-electron chi connectivity index (χ0n) is 42.8. The van der Waals surface area contributed by atoms with Gasteiger partial charge in [-0.3, -0.25) is 9.59 Å². The number of ether oxygens (including phenoxy) is 3. The van der Waals surface area contributed by atoms with Crippen molar-refractivity contribution in [2.24, 2.45) is 0 Å². The van der Waals surface area contributed by atoms with Crippen LogP contribution < -0.4 is 5.11 Å². The lowest BCUT2D eigenvalue weighted by atomic mass is 10.1. The quantitative estimate of drug-likeness (QED) is 0.0259. The first-order chi connectivity index (χ1) is 32.6. The van der Waals surface area contributed by atoms with Gasteiger partial charge in [0.05, 0.1) is 40.3 Å². The lowest BCUT2D eigenvalue weighted by molar-refractivity contribution is -0.889. The predicted octanol–water partition coefficient (Wildman–Crippen LogP) is 13.8. The second-order valence-electron chi connectivity index (χ2n) is 17.6. The molecule has 0 amide bonds. The third-order valence-corrected chi connectivity index (χ3v) is 10.5. The smallest absolute Gasteiger partial charge is 0.306 e. The third-order valence-electron chi connectivity index (χ3n) is 10.5. The van der Waals surface area contributed by atoms with Gasteiger partial charge in [-0.25, -0.2) is 0 Å². The van der Waals surface area contributed by atoms with Crippen LogP contribution in [0, 0.1) is 0 Å². The van der Waals surface area contributed by atoms with E-state index in [0.717, 1.165) is 116 Å². The summed E-state index contributed by atoms with van der Waals surface area (Å²) >= 11 is 0. The van der Waals surface area contributed by atoms with Gasteiger partial charge < -0.3 is 28.6 Å². The molecule has 8 nitrogen and oxygen atoms in total. The van der Waals surface area contributed by atoms with E-state index in [9.17, 15) is 19.5 Å². The van der Waals surface area contributed by atoms with E-state index in [-0.39, 0.29) is 49.1 Å². The molecule has 0 aromatic rings. The van der Waals surface area contributed by atoms with Gasteiger partial charge in [-0.2, -0.15) is 0 Å². The molecule has 0 saturated carbocycles. The van der Waals surface area contributed by atoms with Gasteiger partial charge in [0.2, 0.25) is 0 Å². The lowest BCUT2D eigenvalue weighted by Crippen LogP contribution is -2.55. The Morgan fingerprint density at radius 1 is 0.448 bits per heavy atom. The van der Waals surface area contributed by atoms with Crippen LogP contribution in [0.5, 0.6) is 0 Å². The summed E-state index contributed by atoms with van der Waals surface area (Å²) in [6.45, 7) is 4.35. The van der Waals surface area contributed by atoms with E-state index in [1.807, 2.05) is 0 Å². The summed E-state index contributed by atoms with van der Waals surface area (Å²) in [5, 5.41) is 11.7. The highest BCUT2D eigenvalue weighted by atomic mass is 16.6. The Morgan fingerprint density at radius 3 is 1.19 bits per heavy atom. The van der Waals surface area contributed by atoms with Crippen LogP contribution in [0.1, 0.15) is 168 Å². The molecule has 0 fully saturated rings. The Kier molecular flexibility index (Phi) is 44.7. The average Bonchev–Trinajstić information content (AvgIpc) is 3.29. The van der Waals surface area contributed by atoms with Crippen molar-refractivity contribution >= 4 is 17.9 Å². The molecule has 0 aromatic heterocycles. The van der Waals surface area contributed by atoms with Crippen LogP contribution in [0.3, 0.4) is 0 Å². The summed E-state index contributed by atoms with van der Waals surface area (Å²) in [5.41, 5.74) is 0. The molecule has 0 aromatic carbocycles. The maximum Gasteiger partial charge on any atom is 0.306 e. The SMILES string of the molecule is CC/C=C/C/C=C/C/C=C/C/C=C/C/C=C/C/C=C/CCCCC(=O)OC(COCCC(C(=O)[O-])[N+](C)(C)C)COC(=O)CCCCCCCC/C=C/C/C=C/C/C=C/C/C=C/C/C=C/CC. The van der Waals surface area contributed by atoms with Gasteiger partial charge in [-0.05, 0) is 109 Å². The molecule has 0 heterocycles. The highest BCUT2D eigenvalue weighted by molar-refractivity contribution is 5.70. The highest BCUT2D eigenvalue weighted by Crippen LogP contribution is 2.12. The van der Waals surface area contributed by atoms with E-state index < -0.39 is 18.1 Å². The first-order valence-electron chi connectivity index (χ1n) is 25.7. The summed E-state index contributed by atoms with van der Waals surface area (Å²) in [6.07, 6.45) is 69.1. The van der Waals surface area contributed by atoms with Crippen LogP contribution in [0.15, 0.2) is 134 Å². The number of carbonyl (C=O) groups excluding carboxylic acids is 3. The molecule has 0 N–H and O–H groups in total. The minimum absolute atomic E-state index is 0.00803. The van der Waals surface area contributed by atoms with E-state index in [0.29, 0.717) is 12.8 Å². The fraction of sp³-hybridized carbons (Fsp3) is 0.576. The Hall–Kier alpha value is -4.53. The van der Waals surface area contributed by atoms with Crippen LogP contribution in [0.25, 0.3) is 0 Å². The normalized spacial score (nSPS) is 14.0. The molecule has 0 spiro atoms. The second kappa shape index (κ2) is 47.9. The van der Waals surface area contributed by atoms with E-state index in [4.69, 9.17) is 14.2 Å². The number of esters is 2. The Labute approximate surface area is 409 Å². The number of aliphatic carboxylic acids is 1. The molecule has 0 saturated heterocycles. The molecular formula is C59H93NO7. The third kappa shape index (κ3) is 46.4. The number of unbranched alkanes of at least 4 members (excludes halogenated alkanes) is 8. The number of hydrogen-bond acceptors (Lipinski definition) is 7. The fourth-order valence-electron chi connectivity index (χ4n) is 6.63. The summed E-state index contributed by atoms with van der Waals surface area (Å²) in [7, 11) is 5.38. The standard InChI is InChI=1S/C59H93NO7/c1-6-8-10-12-14-16-18-20-22-24-26-28-30-31-33-35-37-39-41-43-45-47-49-57(61)66-54-55(53-65-52-51-56(59(63)64)60(3,4)5)67-58(62)50-48-46-44-42-40-38-36-34-32-29-27-25-23-21-19-17-15-13-11-9-7-2/h8-11,14-17,20-23,26-29,31,33-34,36,40,42,55-56H,6-7,12-13,18-19,24-25,30,32,35,37-39,41,43-54H2,1-5H3/b10-8+,11-9+,16-14+,17-15+,22-20+,23-21+,28-26+,29-27+,33-31+,36-34+,42-40+. The molecule has 8 heteroatoms. The van der Waals surface area contributed by atoms with Crippen molar-refractivity contribution in [3.63, 3.8) is 0 Å². The fourth-order valence-corrected chi connectivity index (χ4v) is 6.63. The van der Waals surface area contributed by atoms with Crippen molar-refractivity contribution < 1.29 is 38.2 Å². The number of quaternary nitrogens is 1. The Balaban J connectivity index is 4.40. The molecule has 0 rings (SSSR count). The molecule has 0 aliphatic heterocycles. The number of nitrogens with zero attached hydrogens (tertiary/aromatic N) is 1. The second-order valence-corrected chi connectivity index (χ2v) is 17.6. The molecule has 0 aliphatic rings. The predicted molar refractivity (Wildman–Crippen MR) is 281 cm³/mol. The number of carbonyl (C=O) groups is 3. The topological polar surface area (TPSA) is 102 Å². The van der Waals surface area contributed by atoms with Crippen LogP contribution in [0.4, 0.5) is 0 Å². The molecule has 0 aliphatic carbocycles. The van der Waals surface area contributed by atoms with Gasteiger partial charge in [0.15, 0.2) is 6.10 Å². The molecule has 2 unspecified atom stereocenters. The molecule has 376 valence electrons. The number of allylic oxidation sites excluding steroid dienone is 22. The van der Waals surface area contributed by atoms with Gasteiger partial charge in [-0.1, -0.05) is 173 Å². The molecular weight excluding hydrogens is 835 g/mol. The number of carboxylic acid groups (broad SMARTS) is 1. The minimum atomic E-state index is -1.14. The summed E-state index contributed by atoms with van der Waals surface area (Å²) in [4.78, 5) is 37.1. The number of rotatable bonds is 44. The molecule has 0 bridgehead atoms. The Bertz CT molecular complexity index is 1550. The molecule has 2 atom stereocenters. The van der Waals surface area contributed by atoms with Crippen molar-refractivity contribution in [3.8, 4) is 0 Å². The largest absolute Gasteiger partial charge is 0.544 e. The van der Waals surface area contributed by atoms with Crippen molar-refractivity contribution in [3.05, 3.63) is 134 Å². The van der Waals surface area contributed by atoms with Gasteiger partial charge in [0, 0.05) is 19.3 Å². The Morgan fingerprint density at radius 2 is 0.791 bits per heavy atom. The zero-order valence-corrected chi connectivity index (χ0v) is 42.8. The number of carboxylic acids is 1. The maximum atomic E-state index is 12.8. The summed E-state index contributed by atoms with van der Waals surface area (Å²) < 4.78 is 17.2. The van der Waals surface area contributed by atoms with Crippen molar-refractivity contribution in [1.29, 1.82) is 0 Å². The highest BCUT2D eigenvalue weighted by Gasteiger charge is 2.25. The first kappa shape index (κ1) is 62.5. The average molecular weight is 928 g/mol.